The number of aromatic amines is 1. The van der Waals surface area contributed by atoms with E-state index < -0.39 is 0 Å². The molecule has 3 rings (SSSR count). The first-order chi connectivity index (χ1) is 9.17. The van der Waals surface area contributed by atoms with Crippen molar-refractivity contribution < 1.29 is 4.42 Å². The number of nitrogens with one attached hydrogen (secondary N) is 1. The molecule has 0 atom stereocenters. The molecule has 0 saturated carbocycles. The molecule has 4 nitrogen and oxygen atoms in total. The van der Waals surface area contributed by atoms with Crippen LogP contribution in [0.15, 0.2) is 33.8 Å². The lowest BCUT2D eigenvalue weighted by molar-refractivity contribution is 0.615. The van der Waals surface area contributed by atoms with Gasteiger partial charge < -0.3 is 9.40 Å². The van der Waals surface area contributed by atoms with E-state index in [0.29, 0.717) is 21.8 Å². The summed E-state index contributed by atoms with van der Waals surface area (Å²) in [6.45, 7) is 2.04. The Morgan fingerprint density at radius 2 is 1.95 bits per heavy atom. The monoisotopic (exact) mass is 289 g/mol. The van der Waals surface area contributed by atoms with Crippen LogP contribution in [0.5, 0.6) is 0 Å². The van der Waals surface area contributed by atoms with E-state index in [2.05, 4.69) is 15.0 Å². The highest BCUT2D eigenvalue weighted by molar-refractivity contribution is 7.98. The molecule has 1 aromatic carbocycles. The molecule has 0 amide bonds. The molecule has 19 heavy (non-hydrogen) atoms. The summed E-state index contributed by atoms with van der Waals surface area (Å²) in [7, 11) is 0. The molecule has 96 valence electrons. The maximum absolute atomic E-state index is 5.71. The Labute approximate surface area is 119 Å². The van der Waals surface area contributed by atoms with Crippen LogP contribution in [-0.4, -0.2) is 21.2 Å². The van der Waals surface area contributed by atoms with Crippen LogP contribution >= 0.6 is 24.0 Å². The topological polar surface area (TPSA) is 54.7 Å². The average molecular weight is 289 g/mol. The zero-order valence-electron chi connectivity index (χ0n) is 10.4. The van der Waals surface area contributed by atoms with Crippen LogP contribution < -0.4 is 0 Å². The second kappa shape index (κ2) is 4.79. The molecular formula is C13H11N3OS2. The summed E-state index contributed by atoms with van der Waals surface area (Å²) in [6.07, 6.45) is 1.93. The van der Waals surface area contributed by atoms with Crippen LogP contribution in [0, 0.1) is 11.6 Å². The second-order valence-corrected chi connectivity index (χ2v) is 5.30. The minimum absolute atomic E-state index is 0.434. The molecular weight excluding hydrogens is 278 g/mol. The quantitative estimate of drug-likeness (QED) is 0.439. The number of fused-ring (bicyclic) bond motifs is 1. The van der Waals surface area contributed by atoms with Crippen molar-refractivity contribution in [3.63, 3.8) is 0 Å². The van der Waals surface area contributed by atoms with E-state index in [0.717, 1.165) is 10.7 Å². The molecule has 1 N–H and O–H groups in total. The molecule has 3 aromatic rings. The predicted octanol–water partition coefficient (Wildman–Crippen LogP) is 3.98. The van der Waals surface area contributed by atoms with E-state index in [-0.39, 0.29) is 0 Å². The number of hydrogen-bond donors (Lipinski definition) is 1. The number of aryl methyl sites for hydroxylation is 1. The van der Waals surface area contributed by atoms with Crippen molar-refractivity contribution in [3.8, 4) is 11.5 Å². The van der Waals surface area contributed by atoms with E-state index in [1.54, 1.807) is 0 Å². The third-order valence-electron chi connectivity index (χ3n) is 2.74. The van der Waals surface area contributed by atoms with E-state index in [1.807, 2.05) is 37.4 Å². The normalized spacial score (nSPS) is 11.1. The Morgan fingerprint density at radius 1 is 1.21 bits per heavy atom. The summed E-state index contributed by atoms with van der Waals surface area (Å²) in [4.78, 5) is 11.8. The summed E-state index contributed by atoms with van der Waals surface area (Å²) in [5, 5.41) is 0.737. The standard InChI is InChI=1S/C13H11N3OS2/c1-7-3-5-8(6-4-7)11-14-10-9(17-11)12(18)16-13(15-10)19-2/h3-6H,1-2H3,(H,15,16,18). The van der Waals surface area contributed by atoms with Gasteiger partial charge in [0.2, 0.25) is 11.5 Å². The van der Waals surface area contributed by atoms with Gasteiger partial charge in [-0.15, -0.1) is 0 Å². The molecule has 6 heteroatoms. The van der Waals surface area contributed by atoms with Crippen molar-refractivity contribution in [2.24, 2.45) is 0 Å². The van der Waals surface area contributed by atoms with Gasteiger partial charge in [0.05, 0.1) is 0 Å². The Kier molecular flexibility index (Phi) is 3.12. The fourth-order valence-electron chi connectivity index (χ4n) is 1.74. The summed E-state index contributed by atoms with van der Waals surface area (Å²) in [6, 6.07) is 8.00. The van der Waals surface area contributed by atoms with Gasteiger partial charge in [0.25, 0.3) is 0 Å². The molecule has 0 saturated heterocycles. The molecule has 0 aliphatic carbocycles. The van der Waals surface area contributed by atoms with Gasteiger partial charge in [-0.1, -0.05) is 41.7 Å². The third kappa shape index (κ3) is 2.29. The maximum Gasteiger partial charge on any atom is 0.228 e. The van der Waals surface area contributed by atoms with Crippen molar-refractivity contribution >= 4 is 35.2 Å². The lowest BCUT2D eigenvalue weighted by atomic mass is 10.1. The van der Waals surface area contributed by atoms with E-state index in [9.17, 15) is 0 Å². The van der Waals surface area contributed by atoms with Gasteiger partial charge in [0.15, 0.2) is 15.4 Å². The number of thioether (sulfide) groups is 1. The van der Waals surface area contributed by atoms with Crippen LogP contribution in [0.1, 0.15) is 5.56 Å². The number of oxazole rings is 1. The fraction of sp³-hybridized carbons (Fsp3) is 0.154. The molecule has 0 spiro atoms. The van der Waals surface area contributed by atoms with Gasteiger partial charge in [-0.05, 0) is 25.3 Å². The Bertz CT molecular complexity index is 790. The van der Waals surface area contributed by atoms with E-state index in [4.69, 9.17) is 16.6 Å². The third-order valence-corrected chi connectivity index (χ3v) is 3.60. The number of benzene rings is 1. The largest absolute Gasteiger partial charge is 0.431 e. The van der Waals surface area contributed by atoms with Gasteiger partial charge in [-0.2, -0.15) is 4.98 Å². The molecule has 2 heterocycles. The lowest BCUT2D eigenvalue weighted by Crippen LogP contribution is -1.87. The highest BCUT2D eigenvalue weighted by Crippen LogP contribution is 2.25. The van der Waals surface area contributed by atoms with Gasteiger partial charge in [-0.3, -0.25) is 0 Å². The first kappa shape index (κ1) is 12.4. The maximum atomic E-state index is 5.71. The number of rotatable bonds is 2. The minimum Gasteiger partial charge on any atom is -0.431 e. The Balaban J connectivity index is 2.18. The molecule has 0 aliphatic rings. The molecule has 0 radical (unpaired) electrons. The highest BCUT2D eigenvalue weighted by Gasteiger charge is 2.11. The Hall–Kier alpha value is -1.66. The number of H-pyrrole nitrogens is 1. The molecule has 2 aromatic heterocycles. The lowest BCUT2D eigenvalue weighted by Gasteiger charge is -1.94. The smallest absolute Gasteiger partial charge is 0.228 e. The van der Waals surface area contributed by atoms with Gasteiger partial charge >= 0.3 is 0 Å². The van der Waals surface area contributed by atoms with Crippen molar-refractivity contribution in [2.45, 2.75) is 12.1 Å². The van der Waals surface area contributed by atoms with E-state index >= 15 is 0 Å². The summed E-state index contributed by atoms with van der Waals surface area (Å²) in [5.41, 5.74) is 3.29. The molecule has 0 fully saturated rings. The highest BCUT2D eigenvalue weighted by atomic mass is 32.2. The van der Waals surface area contributed by atoms with Gasteiger partial charge in [0, 0.05) is 5.56 Å². The molecule has 0 unspecified atom stereocenters. The minimum atomic E-state index is 0.434. The van der Waals surface area contributed by atoms with Crippen molar-refractivity contribution in [3.05, 3.63) is 34.5 Å². The van der Waals surface area contributed by atoms with E-state index in [1.165, 1.54) is 17.3 Å². The molecule has 0 bridgehead atoms. The summed E-state index contributed by atoms with van der Waals surface area (Å²) in [5.74, 6) is 0.553. The van der Waals surface area contributed by atoms with Crippen LogP contribution in [-0.2, 0) is 0 Å². The van der Waals surface area contributed by atoms with Crippen LogP contribution in [0.25, 0.3) is 22.7 Å². The van der Waals surface area contributed by atoms with Crippen LogP contribution in [0.2, 0.25) is 0 Å². The number of aromatic nitrogens is 3. The fourth-order valence-corrected chi connectivity index (χ4v) is 2.41. The second-order valence-electron chi connectivity index (χ2n) is 4.11. The van der Waals surface area contributed by atoms with Crippen molar-refractivity contribution in [1.29, 1.82) is 0 Å². The Morgan fingerprint density at radius 3 is 2.63 bits per heavy atom. The van der Waals surface area contributed by atoms with Crippen LogP contribution in [0.3, 0.4) is 0 Å². The SMILES string of the molecule is CSc1nc(=S)c2oc(-c3ccc(C)cc3)nc2[nH]1. The summed E-state index contributed by atoms with van der Waals surface area (Å²) >= 11 is 6.70. The zero-order chi connectivity index (χ0) is 13.4. The average Bonchev–Trinajstić information content (AvgIpc) is 2.84. The number of nitrogens with zero attached hydrogens (tertiary/aromatic N) is 2. The van der Waals surface area contributed by atoms with Gasteiger partial charge in [0.1, 0.15) is 0 Å². The van der Waals surface area contributed by atoms with Gasteiger partial charge in [-0.25, -0.2) is 4.98 Å². The van der Waals surface area contributed by atoms with Crippen molar-refractivity contribution in [2.75, 3.05) is 6.26 Å². The molecule has 0 aliphatic heterocycles. The predicted molar refractivity (Wildman–Crippen MR) is 78.9 cm³/mol. The first-order valence-corrected chi connectivity index (χ1v) is 7.32. The zero-order valence-corrected chi connectivity index (χ0v) is 12.1. The summed E-state index contributed by atoms with van der Waals surface area (Å²) < 4.78 is 6.14. The number of hydrogen-bond acceptors (Lipinski definition) is 5. The van der Waals surface area contributed by atoms with Crippen LogP contribution in [0.4, 0.5) is 0 Å². The first-order valence-electron chi connectivity index (χ1n) is 5.69. The van der Waals surface area contributed by atoms with Crippen molar-refractivity contribution in [1.82, 2.24) is 15.0 Å².